The Bertz CT molecular complexity index is 1340. The van der Waals surface area contributed by atoms with Crippen molar-refractivity contribution in [1.82, 2.24) is 19.5 Å². The minimum atomic E-state index is -4.55. The first kappa shape index (κ1) is 22.8. The van der Waals surface area contributed by atoms with Gasteiger partial charge in [0, 0.05) is 5.56 Å². The highest BCUT2D eigenvalue weighted by atomic mass is 16.8. The SMILES string of the molecule is Nc1ncnc2c1ncn2[C@]1(c2ccccc2)O[C@@](CO)([N+](=O)[O-])[C@](O)([N+](=O)[O-])[C@]1(O)[N+](=O)[O-]. The number of nitrogen functional groups attached to an aromatic ring is 1. The van der Waals surface area contributed by atoms with Crippen molar-refractivity contribution in [2.75, 3.05) is 12.3 Å². The average Bonchev–Trinajstić information content (AvgIpc) is 3.32. The van der Waals surface area contributed by atoms with Crippen LogP contribution in [0, 0.1) is 30.3 Å². The molecule has 0 bridgehead atoms. The number of nitrogens with zero attached hydrogens (tertiary/aromatic N) is 7. The summed E-state index contributed by atoms with van der Waals surface area (Å²) < 4.78 is 5.95. The van der Waals surface area contributed by atoms with E-state index >= 15 is 0 Å². The molecule has 4 atom stereocenters. The summed E-state index contributed by atoms with van der Waals surface area (Å²) in [4.78, 5) is 42.7. The van der Waals surface area contributed by atoms with Crippen molar-refractivity contribution in [3.63, 3.8) is 0 Å². The predicted molar refractivity (Wildman–Crippen MR) is 105 cm³/mol. The van der Waals surface area contributed by atoms with Gasteiger partial charge in [0.15, 0.2) is 18.1 Å². The minimum absolute atomic E-state index is 0.209. The van der Waals surface area contributed by atoms with Gasteiger partial charge in [0.2, 0.25) is 0 Å². The number of hydrogen-bond donors (Lipinski definition) is 4. The fraction of sp³-hybridized carbons (Fsp3) is 0.312. The van der Waals surface area contributed by atoms with Crippen molar-refractivity contribution in [2.24, 2.45) is 0 Å². The average molecular weight is 478 g/mol. The Kier molecular flexibility index (Phi) is 4.73. The molecule has 3 heterocycles. The number of hydrogen-bond acceptors (Lipinski definition) is 14. The lowest BCUT2D eigenvalue weighted by atomic mass is 9.83. The van der Waals surface area contributed by atoms with E-state index in [1.807, 2.05) is 0 Å². The van der Waals surface area contributed by atoms with Crippen molar-refractivity contribution in [1.29, 1.82) is 0 Å². The molecule has 5 N–H and O–H groups in total. The van der Waals surface area contributed by atoms with E-state index in [2.05, 4.69) is 15.0 Å². The molecule has 0 radical (unpaired) electrons. The molecule has 34 heavy (non-hydrogen) atoms. The zero-order valence-electron chi connectivity index (χ0n) is 16.7. The van der Waals surface area contributed by atoms with Gasteiger partial charge in [-0.3, -0.25) is 39.6 Å². The molecule has 0 unspecified atom stereocenters. The number of aliphatic hydroxyl groups excluding tert-OH is 1. The van der Waals surface area contributed by atoms with Crippen LogP contribution in [0.5, 0.6) is 0 Å². The van der Waals surface area contributed by atoms with Gasteiger partial charge in [0.1, 0.15) is 18.2 Å². The summed E-state index contributed by atoms with van der Waals surface area (Å²) in [6.45, 7) is -1.95. The minimum Gasteiger partial charge on any atom is -0.386 e. The second-order valence-electron chi connectivity index (χ2n) is 7.22. The van der Waals surface area contributed by atoms with Crippen LogP contribution in [0.25, 0.3) is 11.2 Å². The van der Waals surface area contributed by atoms with E-state index in [0.717, 1.165) is 24.8 Å². The van der Waals surface area contributed by atoms with Crippen molar-refractivity contribution >= 4 is 17.0 Å². The van der Waals surface area contributed by atoms with E-state index in [1.54, 1.807) is 0 Å². The fourth-order valence-electron chi connectivity index (χ4n) is 4.14. The summed E-state index contributed by atoms with van der Waals surface area (Å²) >= 11 is 0. The van der Waals surface area contributed by atoms with E-state index in [9.17, 15) is 45.7 Å². The second-order valence-corrected chi connectivity index (χ2v) is 7.22. The van der Waals surface area contributed by atoms with Gasteiger partial charge in [-0.2, -0.15) is 0 Å². The summed E-state index contributed by atoms with van der Waals surface area (Å²) in [5.74, 6) is -0.248. The van der Waals surface area contributed by atoms with Crippen LogP contribution in [-0.2, 0) is 10.5 Å². The van der Waals surface area contributed by atoms with Crippen LogP contribution < -0.4 is 5.73 Å². The number of anilines is 1. The van der Waals surface area contributed by atoms with Crippen LogP contribution in [0.1, 0.15) is 5.56 Å². The summed E-state index contributed by atoms with van der Waals surface area (Å²) in [6.07, 6.45) is 1.64. The molecule has 1 aliphatic rings. The molecule has 1 aromatic carbocycles. The first-order chi connectivity index (χ1) is 16.0. The van der Waals surface area contributed by atoms with Gasteiger partial charge >= 0.3 is 17.2 Å². The second kappa shape index (κ2) is 7.05. The topological polar surface area (TPSA) is 269 Å². The molecule has 178 valence electrons. The lowest BCUT2D eigenvalue weighted by Crippen LogP contribution is -2.76. The number of rotatable bonds is 6. The molecular weight excluding hydrogens is 464 g/mol. The van der Waals surface area contributed by atoms with E-state index in [1.165, 1.54) is 18.2 Å². The van der Waals surface area contributed by atoms with Crippen molar-refractivity contribution < 1.29 is 34.8 Å². The van der Waals surface area contributed by atoms with Gasteiger partial charge in [-0.25, -0.2) is 15.0 Å². The molecule has 0 amide bonds. The number of nitro groups is 3. The van der Waals surface area contributed by atoms with Crippen molar-refractivity contribution in [3.05, 3.63) is 78.9 Å². The van der Waals surface area contributed by atoms with E-state index in [-0.39, 0.29) is 11.3 Å². The zero-order chi connectivity index (χ0) is 25.1. The van der Waals surface area contributed by atoms with E-state index < -0.39 is 55.5 Å². The predicted octanol–water partition coefficient (Wildman–Crippen LogP) is -1.96. The Balaban J connectivity index is 2.28. The lowest BCUT2D eigenvalue weighted by Gasteiger charge is -2.34. The number of imidazole rings is 1. The van der Waals surface area contributed by atoms with Gasteiger partial charge < -0.3 is 21.1 Å². The van der Waals surface area contributed by atoms with Crippen LogP contribution in [0.3, 0.4) is 0 Å². The number of aromatic nitrogens is 4. The number of fused-ring (bicyclic) bond motifs is 1. The Morgan fingerprint density at radius 3 is 2.12 bits per heavy atom. The van der Waals surface area contributed by atoms with Gasteiger partial charge in [-0.1, -0.05) is 30.3 Å². The number of benzene rings is 1. The zero-order valence-corrected chi connectivity index (χ0v) is 16.7. The molecule has 1 fully saturated rings. The van der Waals surface area contributed by atoms with Crippen molar-refractivity contribution in [3.8, 4) is 0 Å². The maximum absolute atomic E-state index is 12.4. The molecular formula is C16H14N8O10. The molecule has 18 heteroatoms. The smallest absolute Gasteiger partial charge is 0.386 e. The van der Waals surface area contributed by atoms with Crippen LogP contribution in [0.4, 0.5) is 5.82 Å². The van der Waals surface area contributed by atoms with Crippen LogP contribution in [-0.4, -0.2) is 73.4 Å². The Labute approximate surface area is 186 Å². The standard InChI is InChI=1S/C16H14N8O10/c17-11-10-12(19-7-18-11)21(8-20-10)14(9-4-2-1-3-5-9)16(27,24(32)33)15(26,23(30)31)13(6-25,34-14)22(28)29/h1-5,7-8,25-27H,6H2,(H2,17,18,19)/t13-,14-,15-,16+/m1/s1. The highest BCUT2D eigenvalue weighted by Crippen LogP contribution is 2.58. The molecule has 0 spiro atoms. The van der Waals surface area contributed by atoms with E-state index in [0.29, 0.717) is 4.57 Å². The van der Waals surface area contributed by atoms with Crippen molar-refractivity contribution in [2.45, 2.75) is 22.9 Å². The molecule has 0 aliphatic carbocycles. The maximum atomic E-state index is 12.4. The van der Waals surface area contributed by atoms with Crippen LogP contribution in [0.15, 0.2) is 43.0 Å². The number of ether oxygens (including phenoxy) is 1. The third kappa shape index (κ3) is 2.28. The third-order valence-electron chi connectivity index (χ3n) is 5.72. The summed E-state index contributed by atoms with van der Waals surface area (Å²) in [5, 5.41) is 68.9. The Morgan fingerprint density at radius 1 is 0.971 bits per heavy atom. The molecule has 1 saturated heterocycles. The maximum Gasteiger partial charge on any atom is 0.523 e. The van der Waals surface area contributed by atoms with Gasteiger partial charge in [-0.15, -0.1) is 0 Å². The molecule has 1 aliphatic heterocycles. The normalized spacial score (nSPS) is 30.9. The highest BCUT2D eigenvalue weighted by Gasteiger charge is 3.02. The Hall–Kier alpha value is -4.39. The Morgan fingerprint density at radius 2 is 1.59 bits per heavy atom. The van der Waals surface area contributed by atoms with Gasteiger partial charge in [-0.05, 0) is 0 Å². The summed E-state index contributed by atoms with van der Waals surface area (Å²) in [7, 11) is 0. The first-order valence-electron chi connectivity index (χ1n) is 9.14. The quantitative estimate of drug-likeness (QED) is 0.170. The molecule has 4 rings (SSSR count). The molecule has 3 aromatic rings. The molecule has 18 nitrogen and oxygen atoms in total. The van der Waals surface area contributed by atoms with Gasteiger partial charge in [0.25, 0.3) is 5.72 Å². The summed E-state index contributed by atoms with van der Waals surface area (Å²) in [5.41, 5.74) is -11.5. The summed E-state index contributed by atoms with van der Waals surface area (Å²) in [6, 6.07) is 6.15. The van der Waals surface area contributed by atoms with E-state index in [4.69, 9.17) is 10.5 Å². The number of aliphatic hydroxyl groups is 3. The van der Waals surface area contributed by atoms with Crippen LogP contribution >= 0.6 is 0 Å². The molecule has 0 saturated carbocycles. The molecule has 2 aromatic heterocycles. The van der Waals surface area contributed by atoms with Crippen LogP contribution in [0.2, 0.25) is 0 Å². The fourth-order valence-corrected chi connectivity index (χ4v) is 4.14. The first-order valence-corrected chi connectivity index (χ1v) is 9.14. The van der Waals surface area contributed by atoms with Gasteiger partial charge in [0.05, 0.1) is 14.8 Å². The monoisotopic (exact) mass is 478 g/mol. The number of nitrogens with two attached hydrogens (primary N) is 1. The third-order valence-corrected chi connectivity index (χ3v) is 5.72. The largest absolute Gasteiger partial charge is 0.523 e. The highest BCUT2D eigenvalue weighted by molar-refractivity contribution is 5.81. The lowest BCUT2D eigenvalue weighted by molar-refractivity contribution is -0.804.